The topological polar surface area (TPSA) is 74.3 Å². The minimum Gasteiger partial charge on any atom is -0.493 e. The van der Waals surface area contributed by atoms with Crippen molar-refractivity contribution in [2.24, 2.45) is 0 Å². The van der Waals surface area contributed by atoms with Gasteiger partial charge < -0.3 is 23.8 Å². The Hall–Kier alpha value is -3.32. The van der Waals surface area contributed by atoms with Gasteiger partial charge >= 0.3 is 11.9 Å². The molecule has 7 nitrogen and oxygen atoms in total. The molecule has 1 rings (SSSR count). The lowest BCUT2D eigenvalue weighted by molar-refractivity contribution is -0.144. The van der Waals surface area contributed by atoms with Gasteiger partial charge in [-0.05, 0) is 135 Å². The van der Waals surface area contributed by atoms with Gasteiger partial charge in [-0.3, -0.25) is 9.59 Å². The Labute approximate surface area is 381 Å². The lowest BCUT2D eigenvalue weighted by Crippen LogP contribution is -2.11. The van der Waals surface area contributed by atoms with Crippen LogP contribution in [0.2, 0.25) is 0 Å². The molecular formula is C55H93NO6. The summed E-state index contributed by atoms with van der Waals surface area (Å²) in [6.07, 6.45) is 51.2. The van der Waals surface area contributed by atoms with Gasteiger partial charge in [0.1, 0.15) is 11.5 Å². The minimum absolute atomic E-state index is 0.114. The number of carbonyl (C=O) groups is 2. The van der Waals surface area contributed by atoms with E-state index in [0.29, 0.717) is 39.3 Å². The molecule has 0 aliphatic rings. The number of benzene rings is 1. The fourth-order valence-corrected chi connectivity index (χ4v) is 7.07. The zero-order chi connectivity index (χ0) is 44.8. The Kier molecular flexibility index (Phi) is 40.5. The normalized spacial score (nSPS) is 11.9. The summed E-state index contributed by atoms with van der Waals surface area (Å²) in [5.41, 5.74) is 1.11. The lowest BCUT2D eigenvalue weighted by atomic mass is 10.1. The molecule has 0 spiro atoms. The van der Waals surface area contributed by atoms with E-state index in [2.05, 4.69) is 79.5 Å². The summed E-state index contributed by atoms with van der Waals surface area (Å²) >= 11 is 0. The molecule has 0 amide bonds. The molecule has 0 saturated carbocycles. The van der Waals surface area contributed by atoms with E-state index in [1.54, 1.807) is 0 Å². The summed E-state index contributed by atoms with van der Waals surface area (Å²) in [6.45, 7) is 7.37. The highest BCUT2D eigenvalue weighted by Crippen LogP contribution is 2.25. The average molecular weight is 864 g/mol. The Morgan fingerprint density at radius 1 is 0.435 bits per heavy atom. The third kappa shape index (κ3) is 39.5. The van der Waals surface area contributed by atoms with Gasteiger partial charge in [0.15, 0.2) is 0 Å². The number of nitrogens with zero attached hydrogens (tertiary/aromatic N) is 1. The van der Waals surface area contributed by atoms with Gasteiger partial charge in [-0.25, -0.2) is 0 Å². The van der Waals surface area contributed by atoms with Crippen LogP contribution in [0.1, 0.15) is 212 Å². The largest absolute Gasteiger partial charge is 0.493 e. The van der Waals surface area contributed by atoms with E-state index in [4.69, 9.17) is 18.9 Å². The van der Waals surface area contributed by atoms with Crippen LogP contribution in [0.3, 0.4) is 0 Å². The first-order chi connectivity index (χ1) is 30.4. The summed E-state index contributed by atoms with van der Waals surface area (Å²) in [4.78, 5) is 26.6. The van der Waals surface area contributed by atoms with E-state index in [-0.39, 0.29) is 11.9 Å². The van der Waals surface area contributed by atoms with Crippen LogP contribution in [-0.4, -0.2) is 57.4 Å². The van der Waals surface area contributed by atoms with Gasteiger partial charge in [-0.15, -0.1) is 0 Å². The van der Waals surface area contributed by atoms with E-state index in [0.717, 1.165) is 87.8 Å². The molecular weight excluding hydrogens is 771 g/mol. The van der Waals surface area contributed by atoms with Crippen molar-refractivity contribution in [2.45, 2.75) is 213 Å². The summed E-state index contributed by atoms with van der Waals surface area (Å²) in [7, 11) is 4.08. The van der Waals surface area contributed by atoms with Gasteiger partial charge in [-0.2, -0.15) is 0 Å². The molecule has 7 heteroatoms. The van der Waals surface area contributed by atoms with Gasteiger partial charge in [0.2, 0.25) is 0 Å². The minimum atomic E-state index is -0.114. The Morgan fingerprint density at radius 2 is 0.790 bits per heavy atom. The van der Waals surface area contributed by atoms with E-state index < -0.39 is 0 Å². The summed E-state index contributed by atoms with van der Waals surface area (Å²) in [5, 5.41) is 0. The van der Waals surface area contributed by atoms with Crippen molar-refractivity contribution in [1.29, 1.82) is 0 Å². The van der Waals surface area contributed by atoms with Crippen LogP contribution in [0.15, 0.2) is 66.8 Å². The lowest BCUT2D eigenvalue weighted by Gasteiger charge is -2.15. The second-order valence-electron chi connectivity index (χ2n) is 17.3. The molecule has 0 aliphatic heterocycles. The number of carbonyl (C=O) groups excluding carboxylic acids is 2. The molecule has 0 aliphatic carbocycles. The Morgan fingerprint density at radius 3 is 1.18 bits per heavy atom. The molecule has 0 radical (unpaired) electrons. The van der Waals surface area contributed by atoms with Crippen molar-refractivity contribution >= 4 is 11.9 Å². The van der Waals surface area contributed by atoms with Crippen LogP contribution in [0.25, 0.3) is 0 Å². The first kappa shape index (κ1) is 56.7. The summed E-state index contributed by atoms with van der Waals surface area (Å²) in [5.74, 6) is 1.31. The molecule has 0 unspecified atom stereocenters. The number of esters is 2. The van der Waals surface area contributed by atoms with E-state index >= 15 is 0 Å². The van der Waals surface area contributed by atoms with E-state index in [1.807, 2.05) is 20.2 Å². The third-order valence-corrected chi connectivity index (χ3v) is 10.7. The zero-order valence-electron chi connectivity index (χ0n) is 40.5. The van der Waals surface area contributed by atoms with E-state index in [9.17, 15) is 9.59 Å². The highest BCUT2D eigenvalue weighted by molar-refractivity contribution is 5.69. The highest BCUT2D eigenvalue weighted by Gasteiger charge is 2.08. The molecule has 0 bridgehead atoms. The first-order valence-electron chi connectivity index (χ1n) is 25.4. The number of hydrogen-bond donors (Lipinski definition) is 0. The molecule has 354 valence electrons. The smallest absolute Gasteiger partial charge is 0.305 e. The van der Waals surface area contributed by atoms with Crippen molar-refractivity contribution in [2.75, 3.05) is 40.5 Å². The number of rotatable bonds is 44. The van der Waals surface area contributed by atoms with E-state index in [1.165, 1.54) is 116 Å². The summed E-state index contributed by atoms with van der Waals surface area (Å²) in [6, 6.07) is 6.04. The van der Waals surface area contributed by atoms with Crippen LogP contribution in [-0.2, 0) is 25.6 Å². The highest BCUT2D eigenvalue weighted by atomic mass is 16.5. The average Bonchev–Trinajstić information content (AvgIpc) is 3.25. The number of allylic oxidation sites excluding steroid dienone is 8. The van der Waals surface area contributed by atoms with Crippen molar-refractivity contribution in [1.82, 2.24) is 4.90 Å². The van der Waals surface area contributed by atoms with Crippen molar-refractivity contribution in [3.63, 3.8) is 0 Å². The van der Waals surface area contributed by atoms with Gasteiger partial charge in [-0.1, -0.05) is 140 Å². The Balaban J connectivity index is 2.08. The molecule has 0 atom stereocenters. The van der Waals surface area contributed by atoms with Crippen molar-refractivity contribution in [3.05, 3.63) is 72.4 Å². The maximum Gasteiger partial charge on any atom is 0.305 e. The molecule has 0 heterocycles. The quantitative estimate of drug-likeness (QED) is 0.0367. The molecule has 62 heavy (non-hydrogen) atoms. The van der Waals surface area contributed by atoms with Crippen molar-refractivity contribution in [3.8, 4) is 11.5 Å². The number of unbranched alkanes of at least 4 members (excludes halogenated alkanes) is 20. The van der Waals surface area contributed by atoms with Crippen LogP contribution >= 0.6 is 0 Å². The monoisotopic (exact) mass is 864 g/mol. The zero-order valence-corrected chi connectivity index (χ0v) is 40.5. The third-order valence-electron chi connectivity index (χ3n) is 10.7. The fraction of sp³-hybridized carbons (Fsp3) is 0.709. The summed E-state index contributed by atoms with van der Waals surface area (Å²) < 4.78 is 23.1. The van der Waals surface area contributed by atoms with Gasteiger partial charge in [0, 0.05) is 25.5 Å². The molecule has 0 fully saturated rings. The van der Waals surface area contributed by atoms with Gasteiger partial charge in [0.25, 0.3) is 0 Å². The maximum absolute atomic E-state index is 12.3. The second kappa shape index (κ2) is 44.3. The first-order valence-corrected chi connectivity index (χ1v) is 25.4. The number of ether oxygens (including phenoxy) is 4. The maximum atomic E-state index is 12.3. The van der Waals surface area contributed by atoms with Crippen LogP contribution in [0.4, 0.5) is 0 Å². The second-order valence-corrected chi connectivity index (χ2v) is 17.3. The predicted octanol–water partition coefficient (Wildman–Crippen LogP) is 15.6. The molecule has 0 N–H and O–H groups in total. The number of hydrogen-bond acceptors (Lipinski definition) is 7. The van der Waals surface area contributed by atoms with Crippen LogP contribution in [0, 0.1) is 0 Å². The van der Waals surface area contributed by atoms with Crippen LogP contribution < -0.4 is 9.47 Å². The molecule has 0 saturated heterocycles. The van der Waals surface area contributed by atoms with Gasteiger partial charge in [0.05, 0.1) is 26.4 Å². The Bertz CT molecular complexity index is 1210. The van der Waals surface area contributed by atoms with Crippen molar-refractivity contribution < 1.29 is 28.5 Å². The standard InChI is InChI=1S/C55H93NO6/c1-5-7-9-11-13-15-17-19-21-23-25-27-29-31-33-37-45-61-54(57)41-35-39-43-59-52-47-51(50-56(3)4)48-53(49-52)60-44-40-36-42-55(58)62-46-38-34-32-30-28-26-24-22-20-18-16-14-12-10-8-6-2/h13-16,19-22,47-49H,5-12,17-18,23-46,50H2,1-4H3. The molecule has 0 aromatic heterocycles. The molecule has 1 aromatic rings. The molecule has 1 aromatic carbocycles. The fourth-order valence-electron chi connectivity index (χ4n) is 7.07. The predicted molar refractivity (Wildman–Crippen MR) is 263 cm³/mol. The SMILES string of the molecule is CCCCCC=CCC=CCCCCCCCCOC(=O)CCCCOc1cc(CN(C)C)cc(OCCCCC(=O)OCCCCCCCCC=CCC=CCCCCC)c1. The van der Waals surface area contributed by atoms with Crippen LogP contribution in [0.5, 0.6) is 11.5 Å².